The van der Waals surface area contributed by atoms with Crippen LogP contribution in [0.15, 0.2) is 10.8 Å². The molecule has 6 heteroatoms. The van der Waals surface area contributed by atoms with Crippen LogP contribution in [0.4, 0.5) is 10.7 Å². The SMILES string of the molecule is O=C(O)Nc1ncc(Br)[nH]1. The summed E-state index contributed by atoms with van der Waals surface area (Å²) in [6.07, 6.45) is 0.326. The number of aromatic amines is 1. The van der Waals surface area contributed by atoms with Crippen molar-refractivity contribution in [2.24, 2.45) is 0 Å². The molecule has 5 nitrogen and oxygen atoms in total. The smallest absolute Gasteiger partial charge is 0.411 e. The third-order valence-electron chi connectivity index (χ3n) is 0.770. The molecule has 10 heavy (non-hydrogen) atoms. The topological polar surface area (TPSA) is 78.0 Å². The van der Waals surface area contributed by atoms with Gasteiger partial charge >= 0.3 is 6.09 Å². The summed E-state index contributed by atoms with van der Waals surface area (Å²) in [4.78, 5) is 16.3. The zero-order chi connectivity index (χ0) is 7.56. The first-order valence-corrected chi connectivity index (χ1v) is 3.18. The van der Waals surface area contributed by atoms with Crippen LogP contribution in [0.25, 0.3) is 0 Å². The molecule has 0 unspecified atom stereocenters. The first-order valence-electron chi connectivity index (χ1n) is 2.39. The number of nitrogens with one attached hydrogen (secondary N) is 2. The van der Waals surface area contributed by atoms with Crippen LogP contribution in [0, 0.1) is 0 Å². The third kappa shape index (κ3) is 1.73. The number of amides is 1. The summed E-state index contributed by atoms with van der Waals surface area (Å²) in [7, 11) is 0. The Morgan fingerprint density at radius 3 is 3.00 bits per heavy atom. The molecule has 1 aromatic rings. The molecule has 0 radical (unpaired) electrons. The largest absolute Gasteiger partial charge is 0.465 e. The van der Waals surface area contributed by atoms with Crippen molar-refractivity contribution in [3.8, 4) is 0 Å². The second kappa shape index (κ2) is 2.70. The molecule has 0 aliphatic rings. The van der Waals surface area contributed by atoms with Crippen molar-refractivity contribution in [1.29, 1.82) is 0 Å². The Bertz CT molecular complexity index is 246. The molecule has 0 saturated carbocycles. The number of halogens is 1. The summed E-state index contributed by atoms with van der Waals surface area (Å²) in [5.74, 6) is 0.208. The molecule has 0 fully saturated rings. The number of imidazole rings is 1. The molecule has 1 rings (SSSR count). The maximum atomic E-state index is 9.99. The fraction of sp³-hybridized carbons (Fsp3) is 0. The van der Waals surface area contributed by atoms with E-state index in [-0.39, 0.29) is 5.95 Å². The lowest BCUT2D eigenvalue weighted by atomic mass is 10.9. The Morgan fingerprint density at radius 2 is 2.60 bits per heavy atom. The highest BCUT2D eigenvalue weighted by molar-refractivity contribution is 9.10. The van der Waals surface area contributed by atoms with Crippen LogP contribution in [-0.4, -0.2) is 21.2 Å². The van der Waals surface area contributed by atoms with Gasteiger partial charge in [0.15, 0.2) is 0 Å². The molecule has 1 amide bonds. The number of rotatable bonds is 1. The average molecular weight is 206 g/mol. The van der Waals surface area contributed by atoms with Crippen molar-refractivity contribution in [3.63, 3.8) is 0 Å². The molecule has 0 bridgehead atoms. The van der Waals surface area contributed by atoms with Crippen LogP contribution in [0.5, 0.6) is 0 Å². The number of hydrogen-bond donors (Lipinski definition) is 3. The minimum absolute atomic E-state index is 0.208. The average Bonchev–Trinajstić information content (AvgIpc) is 2.13. The molecule has 0 spiro atoms. The van der Waals surface area contributed by atoms with E-state index in [1.165, 1.54) is 6.20 Å². The molecule has 54 valence electrons. The van der Waals surface area contributed by atoms with Crippen LogP contribution in [0.1, 0.15) is 0 Å². The van der Waals surface area contributed by atoms with Crippen molar-refractivity contribution < 1.29 is 9.90 Å². The minimum atomic E-state index is -1.14. The molecule has 0 saturated heterocycles. The Morgan fingerprint density at radius 1 is 1.90 bits per heavy atom. The van der Waals surface area contributed by atoms with E-state index in [1.807, 2.05) is 5.32 Å². The molecule has 0 aliphatic carbocycles. The second-order valence-electron chi connectivity index (χ2n) is 1.51. The summed E-state index contributed by atoms with van der Waals surface area (Å²) in [5, 5.41) is 10.2. The van der Waals surface area contributed by atoms with Gasteiger partial charge in [0.25, 0.3) is 0 Å². The fourth-order valence-electron chi connectivity index (χ4n) is 0.464. The number of anilines is 1. The zero-order valence-electron chi connectivity index (χ0n) is 4.76. The molecule has 0 atom stereocenters. The predicted molar refractivity (Wildman–Crippen MR) is 37.9 cm³/mol. The summed E-state index contributed by atoms with van der Waals surface area (Å²) >= 11 is 3.07. The van der Waals surface area contributed by atoms with Crippen molar-refractivity contribution in [1.82, 2.24) is 9.97 Å². The number of carboxylic acid groups (broad SMARTS) is 1. The Labute approximate surface area is 64.6 Å². The van der Waals surface area contributed by atoms with Gasteiger partial charge in [-0.25, -0.2) is 9.78 Å². The van der Waals surface area contributed by atoms with Crippen molar-refractivity contribution in [2.45, 2.75) is 0 Å². The van der Waals surface area contributed by atoms with Crippen molar-refractivity contribution >= 4 is 28.0 Å². The lowest BCUT2D eigenvalue weighted by Gasteiger charge is -1.90. The van der Waals surface area contributed by atoms with Gasteiger partial charge in [-0.2, -0.15) is 0 Å². The van der Waals surface area contributed by atoms with Crippen LogP contribution in [0.2, 0.25) is 0 Å². The van der Waals surface area contributed by atoms with Crippen LogP contribution >= 0.6 is 15.9 Å². The van der Waals surface area contributed by atoms with Gasteiger partial charge in [0.2, 0.25) is 5.95 Å². The van der Waals surface area contributed by atoms with E-state index in [9.17, 15) is 4.79 Å². The van der Waals surface area contributed by atoms with Crippen LogP contribution in [-0.2, 0) is 0 Å². The quantitative estimate of drug-likeness (QED) is 0.647. The molecule has 0 aromatic carbocycles. The molecule has 0 aliphatic heterocycles. The van der Waals surface area contributed by atoms with E-state index >= 15 is 0 Å². The fourth-order valence-corrected chi connectivity index (χ4v) is 0.754. The van der Waals surface area contributed by atoms with Gasteiger partial charge in [-0.1, -0.05) is 0 Å². The van der Waals surface area contributed by atoms with Gasteiger partial charge in [-0.05, 0) is 15.9 Å². The lowest BCUT2D eigenvalue weighted by molar-refractivity contribution is 0.209. The predicted octanol–water partition coefficient (Wildman–Crippen LogP) is 1.26. The first kappa shape index (κ1) is 7.07. The standard InChI is InChI=1S/C4H4BrN3O2/c5-2-1-6-3(7-2)8-4(9)10/h1H,(H,9,10)(H2,6,7,8). The van der Waals surface area contributed by atoms with Crippen LogP contribution < -0.4 is 5.32 Å². The van der Waals surface area contributed by atoms with Crippen LogP contribution in [0.3, 0.4) is 0 Å². The normalized spacial score (nSPS) is 9.30. The molecular formula is C4H4BrN3O2. The van der Waals surface area contributed by atoms with Gasteiger partial charge < -0.3 is 10.1 Å². The highest BCUT2D eigenvalue weighted by Crippen LogP contribution is 2.07. The number of carbonyl (C=O) groups is 1. The van der Waals surface area contributed by atoms with Gasteiger partial charge in [0.05, 0.1) is 6.20 Å². The van der Waals surface area contributed by atoms with Gasteiger partial charge in [-0.15, -0.1) is 0 Å². The monoisotopic (exact) mass is 205 g/mol. The Kier molecular flexibility index (Phi) is 1.91. The van der Waals surface area contributed by atoms with E-state index in [4.69, 9.17) is 5.11 Å². The van der Waals surface area contributed by atoms with E-state index in [0.29, 0.717) is 4.60 Å². The van der Waals surface area contributed by atoms with Gasteiger partial charge in [0.1, 0.15) is 4.60 Å². The van der Waals surface area contributed by atoms with Crippen molar-refractivity contribution in [3.05, 3.63) is 10.8 Å². The number of hydrogen-bond acceptors (Lipinski definition) is 2. The number of nitrogens with zero attached hydrogens (tertiary/aromatic N) is 1. The van der Waals surface area contributed by atoms with E-state index < -0.39 is 6.09 Å². The van der Waals surface area contributed by atoms with Gasteiger partial charge in [-0.3, -0.25) is 5.32 Å². The second-order valence-corrected chi connectivity index (χ2v) is 2.36. The third-order valence-corrected chi connectivity index (χ3v) is 1.17. The zero-order valence-corrected chi connectivity index (χ0v) is 6.34. The maximum absolute atomic E-state index is 9.99. The summed E-state index contributed by atoms with van der Waals surface area (Å²) in [6.45, 7) is 0. The molecule has 1 aromatic heterocycles. The summed E-state index contributed by atoms with van der Waals surface area (Å²) < 4.78 is 0.635. The number of H-pyrrole nitrogens is 1. The van der Waals surface area contributed by atoms with Crippen molar-refractivity contribution in [2.75, 3.05) is 5.32 Å². The molecular weight excluding hydrogens is 202 g/mol. The van der Waals surface area contributed by atoms with E-state index in [0.717, 1.165) is 0 Å². The van der Waals surface area contributed by atoms with E-state index in [1.54, 1.807) is 0 Å². The Hall–Kier alpha value is -1.04. The first-order chi connectivity index (χ1) is 4.68. The highest BCUT2D eigenvalue weighted by Gasteiger charge is 1.99. The minimum Gasteiger partial charge on any atom is -0.465 e. The van der Waals surface area contributed by atoms with E-state index in [2.05, 4.69) is 25.9 Å². The maximum Gasteiger partial charge on any atom is 0.411 e. The Balaban J connectivity index is 2.67. The summed E-state index contributed by atoms with van der Waals surface area (Å²) in [5.41, 5.74) is 0. The number of aromatic nitrogens is 2. The van der Waals surface area contributed by atoms with Gasteiger partial charge in [0, 0.05) is 0 Å². The lowest BCUT2D eigenvalue weighted by Crippen LogP contribution is -2.08. The summed E-state index contributed by atoms with van der Waals surface area (Å²) in [6, 6.07) is 0. The molecule has 1 heterocycles. The highest BCUT2D eigenvalue weighted by atomic mass is 79.9. The molecule has 3 N–H and O–H groups in total.